The van der Waals surface area contributed by atoms with Crippen molar-refractivity contribution in [2.45, 2.75) is 32.1 Å². The zero-order valence-electron chi connectivity index (χ0n) is 17.8. The summed E-state index contributed by atoms with van der Waals surface area (Å²) < 4.78 is 7.21. The molecule has 2 aromatic carbocycles. The average molecular weight is 410 g/mol. The lowest BCUT2D eigenvalue weighted by Gasteiger charge is -2.07. The number of unbranched alkanes of at least 4 members (excludes halogenated alkanes) is 2. The standard InChI is InChI=1S/C24H31N3O3/c1-27-17-18(22-16-20(28)9-12-23(22)27)13-15-25-14-5-3-4-6-24(29)26-19-7-10-21(30-2)11-8-19/h7-12,16-17,25,28H,3-6,13-15H2,1-2H3,(H,26,29). The van der Waals surface area contributed by atoms with Crippen LogP contribution >= 0.6 is 0 Å². The van der Waals surface area contributed by atoms with Gasteiger partial charge >= 0.3 is 0 Å². The predicted molar refractivity (Wildman–Crippen MR) is 121 cm³/mol. The van der Waals surface area contributed by atoms with Gasteiger partial charge in [0.1, 0.15) is 11.5 Å². The van der Waals surface area contributed by atoms with Crippen LogP contribution < -0.4 is 15.4 Å². The first-order valence-corrected chi connectivity index (χ1v) is 10.5. The first-order valence-electron chi connectivity index (χ1n) is 10.5. The molecule has 3 rings (SSSR count). The van der Waals surface area contributed by atoms with E-state index in [1.54, 1.807) is 13.2 Å². The summed E-state index contributed by atoms with van der Waals surface area (Å²) in [7, 11) is 3.65. The highest BCUT2D eigenvalue weighted by atomic mass is 16.5. The van der Waals surface area contributed by atoms with E-state index in [1.807, 2.05) is 43.4 Å². The van der Waals surface area contributed by atoms with Crippen LogP contribution in [0.3, 0.4) is 0 Å². The monoisotopic (exact) mass is 409 g/mol. The number of aromatic nitrogens is 1. The maximum atomic E-state index is 12.0. The third kappa shape index (κ3) is 6.00. The number of carbonyl (C=O) groups excluding carboxylic acids is 1. The number of fused-ring (bicyclic) bond motifs is 1. The molecule has 3 N–H and O–H groups in total. The van der Waals surface area contributed by atoms with Crippen molar-refractivity contribution in [2.75, 3.05) is 25.5 Å². The van der Waals surface area contributed by atoms with Crippen LogP contribution in [0.1, 0.15) is 31.2 Å². The summed E-state index contributed by atoms with van der Waals surface area (Å²) in [4.78, 5) is 12.0. The van der Waals surface area contributed by atoms with E-state index in [0.717, 1.165) is 61.1 Å². The number of hydrogen-bond donors (Lipinski definition) is 3. The largest absolute Gasteiger partial charge is 0.508 e. The van der Waals surface area contributed by atoms with Crippen LogP contribution in [-0.4, -0.2) is 35.8 Å². The second kappa shape index (κ2) is 10.7. The van der Waals surface area contributed by atoms with E-state index in [1.165, 1.54) is 5.56 Å². The third-order valence-electron chi connectivity index (χ3n) is 5.26. The number of phenols is 1. The van der Waals surface area contributed by atoms with Crippen LogP contribution in [0.4, 0.5) is 5.69 Å². The van der Waals surface area contributed by atoms with Crippen molar-refractivity contribution < 1.29 is 14.6 Å². The number of anilines is 1. The molecule has 1 aromatic heterocycles. The van der Waals surface area contributed by atoms with Gasteiger partial charge in [-0.2, -0.15) is 0 Å². The number of aryl methyl sites for hydroxylation is 1. The van der Waals surface area contributed by atoms with Crippen LogP contribution in [0, 0.1) is 0 Å². The van der Waals surface area contributed by atoms with Crippen LogP contribution in [-0.2, 0) is 18.3 Å². The minimum absolute atomic E-state index is 0.0485. The number of ether oxygens (including phenoxy) is 1. The summed E-state index contributed by atoms with van der Waals surface area (Å²) in [5.41, 5.74) is 3.17. The first kappa shape index (κ1) is 21.7. The van der Waals surface area contributed by atoms with E-state index in [9.17, 15) is 9.90 Å². The lowest BCUT2D eigenvalue weighted by molar-refractivity contribution is -0.116. The topological polar surface area (TPSA) is 75.5 Å². The minimum Gasteiger partial charge on any atom is -0.508 e. The van der Waals surface area contributed by atoms with Gasteiger partial charge in [0.05, 0.1) is 7.11 Å². The summed E-state index contributed by atoms with van der Waals surface area (Å²) in [6.07, 6.45) is 6.54. The van der Waals surface area contributed by atoms with Crippen LogP contribution in [0.5, 0.6) is 11.5 Å². The lowest BCUT2D eigenvalue weighted by Crippen LogP contribution is -2.18. The molecule has 0 bridgehead atoms. The SMILES string of the molecule is COc1ccc(NC(=O)CCCCCNCCc2cn(C)c3ccc(O)cc23)cc1. The molecule has 0 unspecified atom stereocenters. The van der Waals surface area contributed by atoms with Crippen LogP contribution in [0.15, 0.2) is 48.7 Å². The van der Waals surface area contributed by atoms with Crippen molar-refractivity contribution in [3.63, 3.8) is 0 Å². The van der Waals surface area contributed by atoms with Crippen molar-refractivity contribution in [1.82, 2.24) is 9.88 Å². The van der Waals surface area contributed by atoms with Crippen molar-refractivity contribution in [2.24, 2.45) is 7.05 Å². The Balaban J connectivity index is 1.28. The van der Waals surface area contributed by atoms with E-state index in [2.05, 4.69) is 21.4 Å². The molecule has 0 spiro atoms. The van der Waals surface area contributed by atoms with Crippen LogP contribution in [0.2, 0.25) is 0 Å². The van der Waals surface area contributed by atoms with Gasteiger partial charge < -0.3 is 25.0 Å². The van der Waals surface area contributed by atoms with E-state index in [0.29, 0.717) is 12.2 Å². The Morgan fingerprint density at radius 1 is 1.07 bits per heavy atom. The molecule has 30 heavy (non-hydrogen) atoms. The Morgan fingerprint density at radius 2 is 1.87 bits per heavy atom. The van der Waals surface area contributed by atoms with E-state index in [4.69, 9.17) is 4.74 Å². The van der Waals surface area contributed by atoms with Gasteiger partial charge in [0.2, 0.25) is 5.91 Å². The molecule has 3 aromatic rings. The fourth-order valence-corrected chi connectivity index (χ4v) is 3.62. The maximum Gasteiger partial charge on any atom is 0.224 e. The molecule has 1 heterocycles. The minimum atomic E-state index is 0.0485. The number of methoxy groups -OCH3 is 1. The highest BCUT2D eigenvalue weighted by Gasteiger charge is 2.07. The number of rotatable bonds is 11. The smallest absolute Gasteiger partial charge is 0.224 e. The van der Waals surface area contributed by atoms with Gasteiger partial charge in [0.25, 0.3) is 0 Å². The predicted octanol–water partition coefficient (Wildman–Crippen LogP) is 4.22. The Labute approximate surface area is 177 Å². The molecule has 0 aliphatic rings. The molecular weight excluding hydrogens is 378 g/mol. The Bertz CT molecular complexity index is 964. The summed E-state index contributed by atoms with van der Waals surface area (Å²) in [6.45, 7) is 1.84. The normalized spacial score (nSPS) is 11.0. The Kier molecular flexibility index (Phi) is 7.74. The molecule has 0 saturated heterocycles. The highest BCUT2D eigenvalue weighted by molar-refractivity contribution is 5.90. The highest BCUT2D eigenvalue weighted by Crippen LogP contribution is 2.25. The molecule has 6 nitrogen and oxygen atoms in total. The van der Waals surface area contributed by atoms with Gasteiger partial charge in [-0.05, 0) is 80.4 Å². The Hall–Kier alpha value is -2.99. The zero-order chi connectivity index (χ0) is 21.3. The number of phenolic OH excluding ortho intramolecular Hbond substituents is 1. The van der Waals surface area contributed by atoms with E-state index >= 15 is 0 Å². The van der Waals surface area contributed by atoms with Crippen molar-refractivity contribution >= 4 is 22.5 Å². The number of carbonyl (C=O) groups is 1. The summed E-state index contributed by atoms with van der Waals surface area (Å²) >= 11 is 0. The average Bonchev–Trinajstić information content (AvgIpc) is 3.05. The van der Waals surface area contributed by atoms with E-state index in [-0.39, 0.29) is 5.91 Å². The number of amides is 1. The summed E-state index contributed by atoms with van der Waals surface area (Å²) in [6, 6.07) is 12.9. The molecule has 0 saturated carbocycles. The summed E-state index contributed by atoms with van der Waals surface area (Å²) in [5, 5.41) is 17.2. The van der Waals surface area contributed by atoms with Gasteiger partial charge in [0, 0.05) is 36.3 Å². The number of nitrogens with one attached hydrogen (secondary N) is 2. The fourth-order valence-electron chi connectivity index (χ4n) is 3.62. The second-order valence-corrected chi connectivity index (χ2v) is 7.55. The molecule has 0 atom stereocenters. The summed E-state index contributed by atoms with van der Waals surface area (Å²) in [5.74, 6) is 1.13. The lowest BCUT2D eigenvalue weighted by atomic mass is 10.1. The molecular formula is C24H31N3O3. The number of nitrogens with zero attached hydrogens (tertiary/aromatic N) is 1. The maximum absolute atomic E-state index is 12.0. The van der Waals surface area contributed by atoms with Gasteiger partial charge in [-0.15, -0.1) is 0 Å². The molecule has 0 fully saturated rings. The Morgan fingerprint density at radius 3 is 2.63 bits per heavy atom. The molecule has 0 radical (unpaired) electrons. The molecule has 6 heteroatoms. The van der Waals surface area contributed by atoms with Gasteiger partial charge in [-0.25, -0.2) is 0 Å². The second-order valence-electron chi connectivity index (χ2n) is 7.55. The van der Waals surface area contributed by atoms with Gasteiger partial charge in [-0.1, -0.05) is 6.42 Å². The van der Waals surface area contributed by atoms with Crippen molar-refractivity contribution in [3.8, 4) is 11.5 Å². The number of aromatic hydroxyl groups is 1. The molecule has 0 aliphatic carbocycles. The van der Waals surface area contributed by atoms with Gasteiger partial charge in [0.15, 0.2) is 0 Å². The zero-order valence-corrected chi connectivity index (χ0v) is 17.8. The number of benzene rings is 2. The van der Waals surface area contributed by atoms with Gasteiger partial charge in [-0.3, -0.25) is 4.79 Å². The molecule has 0 aliphatic heterocycles. The van der Waals surface area contributed by atoms with Crippen molar-refractivity contribution in [3.05, 3.63) is 54.2 Å². The van der Waals surface area contributed by atoms with Crippen molar-refractivity contribution in [1.29, 1.82) is 0 Å². The first-order chi connectivity index (χ1) is 14.6. The number of hydrogen-bond acceptors (Lipinski definition) is 4. The van der Waals surface area contributed by atoms with Crippen LogP contribution in [0.25, 0.3) is 10.9 Å². The quantitative estimate of drug-likeness (QED) is 0.415. The molecule has 1 amide bonds. The van der Waals surface area contributed by atoms with E-state index < -0.39 is 0 Å². The third-order valence-corrected chi connectivity index (χ3v) is 5.26. The molecule has 160 valence electrons. The fraction of sp³-hybridized carbons (Fsp3) is 0.375.